The van der Waals surface area contributed by atoms with Crippen LogP contribution in [-0.4, -0.2) is 87.1 Å². The SMILES string of the molecule is NCC(=O)N1CCCC1C(=O)NC(CCC(=O)O)C(=O)NC(CC(=O)O)C(=O)O. The third-order valence-corrected chi connectivity index (χ3v) is 4.32. The monoisotopic (exact) mass is 416 g/mol. The highest BCUT2D eigenvalue weighted by molar-refractivity contribution is 5.94. The van der Waals surface area contributed by atoms with Gasteiger partial charge in [0.05, 0.1) is 13.0 Å². The fourth-order valence-corrected chi connectivity index (χ4v) is 2.91. The molecular weight excluding hydrogens is 392 g/mol. The third kappa shape index (κ3) is 7.37. The number of carbonyl (C=O) groups is 6. The molecule has 7 N–H and O–H groups in total. The maximum atomic E-state index is 12.5. The smallest absolute Gasteiger partial charge is 0.326 e. The maximum absolute atomic E-state index is 12.5. The molecule has 1 saturated heterocycles. The number of aliphatic carboxylic acids is 3. The summed E-state index contributed by atoms with van der Waals surface area (Å²) >= 11 is 0. The number of carbonyl (C=O) groups excluding carboxylic acids is 3. The molecule has 29 heavy (non-hydrogen) atoms. The normalized spacial score (nSPS) is 17.8. The number of amides is 3. The summed E-state index contributed by atoms with van der Waals surface area (Å²) in [5.74, 6) is -6.52. The molecule has 1 aliphatic heterocycles. The lowest BCUT2D eigenvalue weighted by molar-refractivity contribution is -0.147. The number of rotatable bonds is 11. The van der Waals surface area contributed by atoms with Crippen molar-refractivity contribution in [1.29, 1.82) is 0 Å². The minimum Gasteiger partial charge on any atom is -0.481 e. The number of hydrogen-bond donors (Lipinski definition) is 6. The predicted molar refractivity (Wildman–Crippen MR) is 94.4 cm³/mol. The molecule has 3 atom stereocenters. The van der Waals surface area contributed by atoms with E-state index >= 15 is 0 Å². The van der Waals surface area contributed by atoms with Gasteiger partial charge in [0.15, 0.2) is 0 Å². The van der Waals surface area contributed by atoms with E-state index < -0.39 is 66.6 Å². The van der Waals surface area contributed by atoms with Crippen LogP contribution in [0.5, 0.6) is 0 Å². The summed E-state index contributed by atoms with van der Waals surface area (Å²) in [6.45, 7) is 0.00198. The Bertz CT molecular complexity index is 681. The molecule has 3 amide bonds. The quantitative estimate of drug-likeness (QED) is 0.205. The standard InChI is InChI=1S/C16H24N4O9/c17-7-11(21)20-5-1-2-10(20)15(27)18-8(3-4-12(22)23)14(26)19-9(16(28)29)6-13(24)25/h8-10H,1-7,17H2,(H,18,27)(H,19,26)(H,22,23)(H,24,25)(H,28,29). The minimum absolute atomic E-state index is 0.303. The second-order valence-electron chi connectivity index (χ2n) is 6.44. The first-order valence-corrected chi connectivity index (χ1v) is 8.83. The van der Waals surface area contributed by atoms with Crippen LogP contribution >= 0.6 is 0 Å². The van der Waals surface area contributed by atoms with Crippen LogP contribution in [0.3, 0.4) is 0 Å². The Morgan fingerprint density at radius 2 is 1.66 bits per heavy atom. The summed E-state index contributed by atoms with van der Waals surface area (Å²) in [5.41, 5.74) is 5.31. The number of carboxylic acids is 3. The van der Waals surface area contributed by atoms with Crippen molar-refractivity contribution in [1.82, 2.24) is 15.5 Å². The highest BCUT2D eigenvalue weighted by Crippen LogP contribution is 2.17. The first-order chi connectivity index (χ1) is 13.6. The van der Waals surface area contributed by atoms with Gasteiger partial charge in [-0.2, -0.15) is 0 Å². The molecule has 13 heteroatoms. The van der Waals surface area contributed by atoms with Crippen LogP contribution in [0.4, 0.5) is 0 Å². The summed E-state index contributed by atoms with van der Waals surface area (Å²) in [6.07, 6.45) is -0.909. The van der Waals surface area contributed by atoms with Gasteiger partial charge in [0.2, 0.25) is 17.7 Å². The van der Waals surface area contributed by atoms with Crippen LogP contribution in [0, 0.1) is 0 Å². The van der Waals surface area contributed by atoms with E-state index in [0.29, 0.717) is 19.4 Å². The summed E-state index contributed by atoms with van der Waals surface area (Å²) in [6, 6.07) is -4.07. The summed E-state index contributed by atoms with van der Waals surface area (Å²) < 4.78 is 0. The second-order valence-corrected chi connectivity index (χ2v) is 6.44. The van der Waals surface area contributed by atoms with Crippen molar-refractivity contribution in [2.45, 2.75) is 50.2 Å². The summed E-state index contributed by atoms with van der Waals surface area (Å²) in [5, 5.41) is 30.9. The Hall–Kier alpha value is -3.22. The number of nitrogens with one attached hydrogen (secondary N) is 2. The fourth-order valence-electron chi connectivity index (χ4n) is 2.91. The van der Waals surface area contributed by atoms with Crippen molar-refractivity contribution in [3.63, 3.8) is 0 Å². The number of nitrogens with two attached hydrogens (primary N) is 1. The third-order valence-electron chi connectivity index (χ3n) is 4.32. The Morgan fingerprint density at radius 3 is 2.17 bits per heavy atom. The van der Waals surface area contributed by atoms with E-state index in [1.54, 1.807) is 0 Å². The van der Waals surface area contributed by atoms with E-state index in [4.69, 9.17) is 21.1 Å². The van der Waals surface area contributed by atoms with Crippen molar-refractivity contribution in [2.75, 3.05) is 13.1 Å². The van der Waals surface area contributed by atoms with Crippen molar-refractivity contribution >= 4 is 35.6 Å². The number of carboxylic acid groups (broad SMARTS) is 3. The molecule has 1 heterocycles. The first-order valence-electron chi connectivity index (χ1n) is 8.83. The van der Waals surface area contributed by atoms with E-state index in [9.17, 15) is 28.8 Å². The molecule has 3 unspecified atom stereocenters. The lowest BCUT2D eigenvalue weighted by atomic mass is 10.1. The Balaban J connectivity index is 2.90. The topological polar surface area (TPSA) is 216 Å². The van der Waals surface area contributed by atoms with Crippen molar-refractivity contribution in [3.05, 3.63) is 0 Å². The van der Waals surface area contributed by atoms with Crippen molar-refractivity contribution in [3.8, 4) is 0 Å². The molecule has 1 rings (SSSR count). The summed E-state index contributed by atoms with van der Waals surface area (Å²) in [4.78, 5) is 70.8. The molecule has 0 aliphatic carbocycles. The average Bonchev–Trinajstić information content (AvgIpc) is 3.12. The van der Waals surface area contributed by atoms with Gasteiger partial charge in [0.25, 0.3) is 0 Å². The van der Waals surface area contributed by atoms with E-state index in [2.05, 4.69) is 5.32 Å². The number of likely N-dealkylation sites (tertiary alicyclic amines) is 1. The first kappa shape index (κ1) is 23.8. The lowest BCUT2D eigenvalue weighted by Crippen LogP contribution is -2.56. The van der Waals surface area contributed by atoms with E-state index in [0.717, 1.165) is 0 Å². The molecule has 0 spiro atoms. The molecule has 162 valence electrons. The van der Waals surface area contributed by atoms with E-state index in [-0.39, 0.29) is 13.0 Å². The molecule has 1 fully saturated rings. The highest BCUT2D eigenvalue weighted by Gasteiger charge is 2.36. The number of nitrogens with zero attached hydrogens (tertiary/aromatic N) is 1. The Kier molecular flexibility index (Phi) is 8.99. The van der Waals surface area contributed by atoms with Crippen LogP contribution in [0.2, 0.25) is 0 Å². The van der Waals surface area contributed by atoms with Gasteiger partial charge in [0, 0.05) is 13.0 Å². The molecule has 13 nitrogen and oxygen atoms in total. The van der Waals surface area contributed by atoms with E-state index in [1.807, 2.05) is 5.32 Å². The van der Waals surface area contributed by atoms with E-state index in [1.165, 1.54) is 4.90 Å². The molecule has 0 aromatic rings. The molecule has 0 aromatic carbocycles. The molecule has 0 aromatic heterocycles. The molecule has 0 radical (unpaired) electrons. The predicted octanol–water partition coefficient (Wildman–Crippen LogP) is -2.67. The van der Waals surface area contributed by atoms with Gasteiger partial charge in [-0.1, -0.05) is 0 Å². The van der Waals surface area contributed by atoms with Gasteiger partial charge in [-0.15, -0.1) is 0 Å². The van der Waals surface area contributed by atoms with Crippen LogP contribution in [0.1, 0.15) is 32.1 Å². The molecule has 0 bridgehead atoms. The zero-order valence-corrected chi connectivity index (χ0v) is 15.5. The summed E-state index contributed by atoms with van der Waals surface area (Å²) in [7, 11) is 0. The Morgan fingerprint density at radius 1 is 1.00 bits per heavy atom. The molecule has 0 saturated carbocycles. The maximum Gasteiger partial charge on any atom is 0.326 e. The van der Waals surface area contributed by atoms with Gasteiger partial charge < -0.3 is 36.6 Å². The van der Waals surface area contributed by atoms with Crippen molar-refractivity contribution in [2.24, 2.45) is 5.73 Å². The highest BCUT2D eigenvalue weighted by atomic mass is 16.4. The second kappa shape index (κ2) is 10.9. The van der Waals surface area contributed by atoms with Crippen LogP contribution in [0.15, 0.2) is 0 Å². The van der Waals surface area contributed by atoms with Crippen LogP contribution in [0.25, 0.3) is 0 Å². The molecule has 1 aliphatic rings. The van der Waals surface area contributed by atoms with Gasteiger partial charge >= 0.3 is 17.9 Å². The lowest BCUT2D eigenvalue weighted by Gasteiger charge is -2.26. The zero-order valence-electron chi connectivity index (χ0n) is 15.5. The molecular formula is C16H24N4O9. The van der Waals surface area contributed by atoms with Gasteiger partial charge in [-0.25, -0.2) is 4.79 Å². The van der Waals surface area contributed by atoms with Crippen LogP contribution < -0.4 is 16.4 Å². The Labute approximate surface area is 165 Å². The van der Waals surface area contributed by atoms with Gasteiger partial charge in [-0.3, -0.25) is 24.0 Å². The van der Waals surface area contributed by atoms with Gasteiger partial charge in [0.1, 0.15) is 18.1 Å². The zero-order chi connectivity index (χ0) is 22.1. The number of hydrogen-bond acceptors (Lipinski definition) is 7. The van der Waals surface area contributed by atoms with Crippen molar-refractivity contribution < 1.29 is 44.1 Å². The average molecular weight is 416 g/mol. The van der Waals surface area contributed by atoms with Gasteiger partial charge in [-0.05, 0) is 19.3 Å². The largest absolute Gasteiger partial charge is 0.481 e. The minimum atomic E-state index is -1.76. The fraction of sp³-hybridized carbons (Fsp3) is 0.625. The van der Waals surface area contributed by atoms with Crippen LogP contribution in [-0.2, 0) is 28.8 Å².